The van der Waals surface area contributed by atoms with Gasteiger partial charge in [0.1, 0.15) is 5.75 Å². The molecule has 1 aromatic carbocycles. The van der Waals surface area contributed by atoms with Gasteiger partial charge in [0.2, 0.25) is 5.95 Å². The number of nitrogens with one attached hydrogen (secondary N) is 1. The Morgan fingerprint density at radius 3 is 2.92 bits per heavy atom. The Bertz CT molecular complexity index is 848. The minimum atomic E-state index is -0.0950. The number of carbonyl (C=O) groups excluding carboxylic acids is 1. The lowest BCUT2D eigenvalue weighted by Gasteiger charge is -2.33. The fourth-order valence-corrected chi connectivity index (χ4v) is 3.24. The van der Waals surface area contributed by atoms with E-state index in [9.17, 15) is 4.79 Å². The summed E-state index contributed by atoms with van der Waals surface area (Å²) < 4.78 is 5.56. The Kier molecular flexibility index (Phi) is 4.64. The number of rotatable bonds is 3. The molecule has 4 rings (SSSR count). The van der Waals surface area contributed by atoms with Crippen molar-refractivity contribution in [1.82, 2.24) is 15.3 Å². The van der Waals surface area contributed by atoms with Gasteiger partial charge in [-0.25, -0.2) is 9.97 Å². The van der Waals surface area contributed by atoms with Gasteiger partial charge in [-0.1, -0.05) is 18.2 Å². The maximum Gasteiger partial charge on any atom is 0.251 e. The van der Waals surface area contributed by atoms with Crippen LogP contribution in [0.15, 0.2) is 60.6 Å². The lowest BCUT2D eigenvalue weighted by atomic mass is 10.0. The first kappa shape index (κ1) is 16.3. The topological polar surface area (TPSA) is 67.4 Å². The van der Waals surface area contributed by atoms with Crippen LogP contribution in [0.25, 0.3) is 6.08 Å². The Hall–Kier alpha value is -3.15. The molecule has 2 aromatic rings. The Morgan fingerprint density at radius 2 is 2.04 bits per heavy atom. The van der Waals surface area contributed by atoms with Crippen molar-refractivity contribution >= 4 is 17.9 Å². The van der Waals surface area contributed by atoms with Crippen molar-refractivity contribution in [3.63, 3.8) is 0 Å². The minimum absolute atomic E-state index is 0.0637. The molecule has 1 aromatic heterocycles. The largest absolute Gasteiger partial charge is 0.464 e. The minimum Gasteiger partial charge on any atom is -0.464 e. The third-order valence-corrected chi connectivity index (χ3v) is 4.53. The van der Waals surface area contributed by atoms with Gasteiger partial charge in [0.05, 0.1) is 6.26 Å². The maximum absolute atomic E-state index is 12.7. The molecule has 1 saturated heterocycles. The van der Waals surface area contributed by atoms with Crippen molar-refractivity contribution in [2.24, 2.45) is 0 Å². The maximum atomic E-state index is 12.7. The summed E-state index contributed by atoms with van der Waals surface area (Å²) in [5.74, 6) is 1.36. The average molecular weight is 348 g/mol. The van der Waals surface area contributed by atoms with Crippen LogP contribution >= 0.6 is 0 Å². The summed E-state index contributed by atoms with van der Waals surface area (Å²) in [5, 5.41) is 3.14. The van der Waals surface area contributed by atoms with Crippen LogP contribution in [0.5, 0.6) is 5.75 Å². The van der Waals surface area contributed by atoms with E-state index in [1.807, 2.05) is 30.3 Å². The summed E-state index contributed by atoms with van der Waals surface area (Å²) in [7, 11) is 0. The molecule has 1 amide bonds. The number of piperidine rings is 1. The molecule has 0 unspecified atom stereocenters. The first-order valence-electron chi connectivity index (χ1n) is 8.76. The van der Waals surface area contributed by atoms with Crippen LogP contribution in [0.3, 0.4) is 0 Å². The van der Waals surface area contributed by atoms with Crippen molar-refractivity contribution in [2.45, 2.75) is 18.9 Å². The molecule has 2 aliphatic rings. The van der Waals surface area contributed by atoms with Gasteiger partial charge in [-0.15, -0.1) is 0 Å². The summed E-state index contributed by atoms with van der Waals surface area (Å²) in [4.78, 5) is 23.5. The van der Waals surface area contributed by atoms with Crippen molar-refractivity contribution in [3.8, 4) is 5.75 Å². The quantitative estimate of drug-likeness (QED) is 0.923. The van der Waals surface area contributed by atoms with Crippen LogP contribution in [0, 0.1) is 0 Å². The van der Waals surface area contributed by atoms with Crippen LogP contribution in [0.2, 0.25) is 0 Å². The van der Waals surface area contributed by atoms with Gasteiger partial charge in [0.15, 0.2) is 0 Å². The number of benzene rings is 1. The highest BCUT2D eigenvalue weighted by molar-refractivity contribution is 6.01. The SMILES string of the molecule is O=C(N[C@H]1CCCN(c2ncccn2)C1)C1=Cc2ccccc2OC=C1. The van der Waals surface area contributed by atoms with Crippen molar-refractivity contribution in [3.05, 3.63) is 66.2 Å². The van der Waals surface area contributed by atoms with Crippen LogP contribution in [0.1, 0.15) is 18.4 Å². The van der Waals surface area contributed by atoms with Crippen molar-refractivity contribution < 1.29 is 9.53 Å². The molecule has 0 aliphatic carbocycles. The average Bonchev–Trinajstić information content (AvgIpc) is 2.91. The molecule has 26 heavy (non-hydrogen) atoms. The van der Waals surface area contributed by atoms with E-state index in [0.717, 1.165) is 30.7 Å². The predicted molar refractivity (Wildman–Crippen MR) is 99.6 cm³/mol. The lowest BCUT2D eigenvalue weighted by Crippen LogP contribution is -2.48. The standard InChI is InChI=1S/C20H20N4O2/c25-19(16-8-12-26-18-7-2-1-5-15(18)13-16)23-17-6-3-11-24(14-17)20-21-9-4-10-22-20/h1-2,4-5,7-10,12-13,17H,3,6,11,14H2,(H,23,25)/t17-/m0/s1. The second-order valence-electron chi connectivity index (χ2n) is 6.37. The predicted octanol–water partition coefficient (Wildman–Crippen LogP) is 2.55. The number of carbonyl (C=O) groups is 1. The van der Waals surface area contributed by atoms with E-state index in [0.29, 0.717) is 18.1 Å². The number of hydrogen-bond acceptors (Lipinski definition) is 5. The van der Waals surface area contributed by atoms with Gasteiger partial charge in [-0.05, 0) is 37.1 Å². The highest BCUT2D eigenvalue weighted by Crippen LogP contribution is 2.24. The van der Waals surface area contributed by atoms with E-state index in [1.165, 1.54) is 0 Å². The molecular formula is C20H20N4O2. The Labute approximate surface area is 152 Å². The number of nitrogens with zero attached hydrogens (tertiary/aromatic N) is 3. The first-order valence-corrected chi connectivity index (χ1v) is 8.76. The summed E-state index contributed by atoms with van der Waals surface area (Å²) in [6, 6.07) is 9.53. The van der Waals surface area contributed by atoms with E-state index in [4.69, 9.17) is 4.74 Å². The van der Waals surface area contributed by atoms with E-state index < -0.39 is 0 Å². The normalized spacial score (nSPS) is 19.0. The van der Waals surface area contributed by atoms with E-state index in [-0.39, 0.29) is 11.9 Å². The number of aromatic nitrogens is 2. The number of anilines is 1. The number of para-hydroxylation sites is 1. The van der Waals surface area contributed by atoms with Crippen molar-refractivity contribution in [1.29, 1.82) is 0 Å². The molecule has 0 saturated carbocycles. The third kappa shape index (κ3) is 3.59. The molecule has 6 nitrogen and oxygen atoms in total. The fourth-order valence-electron chi connectivity index (χ4n) is 3.24. The molecule has 0 bridgehead atoms. The summed E-state index contributed by atoms with van der Waals surface area (Å²) in [6.07, 6.45) is 10.5. The van der Waals surface area contributed by atoms with Gasteiger partial charge in [-0.2, -0.15) is 0 Å². The second-order valence-corrected chi connectivity index (χ2v) is 6.37. The van der Waals surface area contributed by atoms with Gasteiger partial charge < -0.3 is 15.0 Å². The number of fused-ring (bicyclic) bond motifs is 1. The van der Waals surface area contributed by atoms with E-state index in [1.54, 1.807) is 30.8 Å². The van der Waals surface area contributed by atoms with Gasteiger partial charge >= 0.3 is 0 Å². The monoisotopic (exact) mass is 348 g/mol. The molecule has 1 atom stereocenters. The summed E-state index contributed by atoms with van der Waals surface area (Å²) >= 11 is 0. The highest BCUT2D eigenvalue weighted by Gasteiger charge is 2.24. The molecule has 132 valence electrons. The molecule has 2 aliphatic heterocycles. The first-order chi connectivity index (χ1) is 12.8. The summed E-state index contributed by atoms with van der Waals surface area (Å²) in [6.45, 7) is 1.61. The zero-order chi connectivity index (χ0) is 17.8. The van der Waals surface area contributed by atoms with Crippen LogP contribution < -0.4 is 15.0 Å². The molecule has 0 spiro atoms. The molecule has 1 fully saturated rings. The molecule has 3 heterocycles. The number of hydrogen-bond donors (Lipinski definition) is 1. The Morgan fingerprint density at radius 1 is 1.19 bits per heavy atom. The number of amides is 1. The molecule has 6 heteroatoms. The van der Waals surface area contributed by atoms with E-state index >= 15 is 0 Å². The van der Waals surface area contributed by atoms with Crippen LogP contribution in [0.4, 0.5) is 5.95 Å². The third-order valence-electron chi connectivity index (χ3n) is 4.53. The van der Waals surface area contributed by atoms with Crippen molar-refractivity contribution in [2.75, 3.05) is 18.0 Å². The van der Waals surface area contributed by atoms with Crippen LogP contribution in [-0.2, 0) is 4.79 Å². The second kappa shape index (κ2) is 7.39. The smallest absolute Gasteiger partial charge is 0.251 e. The van der Waals surface area contributed by atoms with E-state index in [2.05, 4.69) is 20.2 Å². The zero-order valence-corrected chi connectivity index (χ0v) is 14.3. The zero-order valence-electron chi connectivity index (χ0n) is 14.3. The molecule has 1 N–H and O–H groups in total. The molecular weight excluding hydrogens is 328 g/mol. The number of ether oxygens (including phenoxy) is 1. The fraction of sp³-hybridized carbons (Fsp3) is 0.250. The highest BCUT2D eigenvalue weighted by atomic mass is 16.5. The lowest BCUT2D eigenvalue weighted by molar-refractivity contribution is -0.117. The van der Waals surface area contributed by atoms with Crippen LogP contribution in [-0.4, -0.2) is 35.0 Å². The Balaban J connectivity index is 1.45. The molecule has 0 radical (unpaired) electrons. The van der Waals surface area contributed by atoms with Gasteiger partial charge in [0.25, 0.3) is 5.91 Å². The van der Waals surface area contributed by atoms with Gasteiger partial charge in [-0.3, -0.25) is 4.79 Å². The van der Waals surface area contributed by atoms with Gasteiger partial charge in [0, 0.05) is 42.7 Å². The summed E-state index contributed by atoms with van der Waals surface area (Å²) in [5.41, 5.74) is 1.48.